The van der Waals surface area contributed by atoms with Crippen LogP contribution in [0.1, 0.15) is 5.56 Å². The first-order chi connectivity index (χ1) is 8.58. The molecule has 18 heavy (non-hydrogen) atoms. The van der Waals surface area contributed by atoms with Crippen molar-refractivity contribution in [2.24, 2.45) is 0 Å². The van der Waals surface area contributed by atoms with Gasteiger partial charge in [0.15, 0.2) is 5.75 Å². The van der Waals surface area contributed by atoms with E-state index in [0.29, 0.717) is 25.2 Å². The van der Waals surface area contributed by atoms with Crippen molar-refractivity contribution < 1.29 is 25.1 Å². The SMILES string of the molecule is O=[N+]([O-])c1cc(C[NH+](CCO)CCO)ccc1O. The second kappa shape index (κ2) is 6.90. The topological polar surface area (TPSA) is 108 Å². The summed E-state index contributed by atoms with van der Waals surface area (Å²) < 4.78 is 0. The third-order valence-electron chi connectivity index (χ3n) is 2.62. The summed E-state index contributed by atoms with van der Waals surface area (Å²) in [7, 11) is 0. The fraction of sp³-hybridized carbons (Fsp3) is 0.455. The average Bonchev–Trinajstić information content (AvgIpc) is 2.32. The lowest BCUT2D eigenvalue weighted by atomic mass is 10.1. The molecule has 0 aliphatic rings. The van der Waals surface area contributed by atoms with Gasteiger partial charge >= 0.3 is 5.69 Å². The fourth-order valence-corrected chi connectivity index (χ4v) is 1.73. The van der Waals surface area contributed by atoms with Crippen molar-refractivity contribution in [3.8, 4) is 5.75 Å². The maximum absolute atomic E-state index is 10.7. The van der Waals surface area contributed by atoms with Crippen molar-refractivity contribution in [2.45, 2.75) is 6.54 Å². The first-order valence-electron chi connectivity index (χ1n) is 5.60. The van der Waals surface area contributed by atoms with Crippen LogP contribution in [-0.2, 0) is 6.54 Å². The third kappa shape index (κ3) is 3.95. The van der Waals surface area contributed by atoms with Crippen molar-refractivity contribution in [1.29, 1.82) is 0 Å². The maximum atomic E-state index is 10.7. The van der Waals surface area contributed by atoms with Crippen LogP contribution in [0.5, 0.6) is 5.75 Å². The third-order valence-corrected chi connectivity index (χ3v) is 2.62. The summed E-state index contributed by atoms with van der Waals surface area (Å²) in [5.41, 5.74) is 0.344. The minimum absolute atomic E-state index is 0.0183. The number of nitro groups is 1. The number of phenolic OH excluding ortho intramolecular Hbond substituents is 1. The van der Waals surface area contributed by atoms with Crippen LogP contribution in [0.2, 0.25) is 0 Å². The predicted octanol–water partition coefficient (Wildman–Crippen LogP) is -1.33. The highest BCUT2D eigenvalue weighted by Crippen LogP contribution is 2.25. The van der Waals surface area contributed by atoms with E-state index in [0.717, 1.165) is 4.90 Å². The molecule has 0 saturated carbocycles. The molecule has 0 bridgehead atoms. The van der Waals surface area contributed by atoms with Crippen LogP contribution >= 0.6 is 0 Å². The molecule has 7 heteroatoms. The minimum atomic E-state index is -0.642. The van der Waals surface area contributed by atoms with Crippen molar-refractivity contribution >= 4 is 5.69 Å². The lowest BCUT2D eigenvalue weighted by molar-refractivity contribution is -0.914. The Balaban J connectivity index is 2.82. The second-order valence-electron chi connectivity index (χ2n) is 3.95. The van der Waals surface area contributed by atoms with E-state index in [9.17, 15) is 15.2 Å². The van der Waals surface area contributed by atoms with Crippen LogP contribution in [0.25, 0.3) is 0 Å². The lowest BCUT2D eigenvalue weighted by Gasteiger charge is -2.17. The summed E-state index contributed by atoms with van der Waals surface area (Å²) in [6.07, 6.45) is 0. The molecule has 0 aromatic heterocycles. The van der Waals surface area contributed by atoms with Gasteiger partial charge in [0.2, 0.25) is 0 Å². The van der Waals surface area contributed by atoms with Crippen LogP contribution in [0, 0.1) is 10.1 Å². The molecule has 0 aliphatic heterocycles. The summed E-state index contributed by atoms with van der Waals surface area (Å²) in [5, 5.41) is 37.7. The smallest absolute Gasteiger partial charge is 0.311 e. The van der Waals surface area contributed by atoms with Crippen molar-refractivity contribution in [1.82, 2.24) is 0 Å². The van der Waals surface area contributed by atoms with Crippen molar-refractivity contribution in [2.75, 3.05) is 26.3 Å². The van der Waals surface area contributed by atoms with Crippen LogP contribution in [0.15, 0.2) is 18.2 Å². The minimum Gasteiger partial charge on any atom is -0.502 e. The standard InChI is InChI=1S/C11H16N2O5/c14-5-3-12(4-6-15)8-9-1-2-11(16)10(7-9)13(17)18/h1-2,7,14-16H,3-6,8H2/p+1. The molecule has 100 valence electrons. The first-order valence-corrected chi connectivity index (χ1v) is 5.60. The first kappa shape index (κ1) is 14.4. The second-order valence-corrected chi connectivity index (χ2v) is 3.95. The van der Waals surface area contributed by atoms with Gasteiger partial charge in [-0.3, -0.25) is 10.1 Å². The molecule has 0 unspecified atom stereocenters. The number of hydrogen-bond acceptors (Lipinski definition) is 5. The summed E-state index contributed by atoms with van der Waals surface area (Å²) in [6, 6.07) is 4.18. The largest absolute Gasteiger partial charge is 0.502 e. The molecule has 0 atom stereocenters. The van der Waals surface area contributed by atoms with E-state index in [1.165, 1.54) is 12.1 Å². The molecular weight excluding hydrogens is 240 g/mol. The van der Waals surface area contributed by atoms with Crippen LogP contribution in [0.3, 0.4) is 0 Å². The van der Waals surface area contributed by atoms with Gasteiger partial charge in [0.05, 0.1) is 18.1 Å². The van der Waals surface area contributed by atoms with Crippen molar-refractivity contribution in [3.05, 3.63) is 33.9 Å². The number of quaternary nitrogens is 1. The number of rotatable bonds is 7. The Morgan fingerprint density at radius 3 is 2.33 bits per heavy atom. The van der Waals surface area contributed by atoms with Gasteiger partial charge < -0.3 is 20.2 Å². The fourth-order valence-electron chi connectivity index (χ4n) is 1.73. The zero-order valence-corrected chi connectivity index (χ0v) is 9.87. The van der Waals surface area contributed by atoms with Crippen molar-refractivity contribution in [3.63, 3.8) is 0 Å². The molecule has 1 aromatic rings. The van der Waals surface area contributed by atoms with Gasteiger partial charge in [-0.1, -0.05) is 0 Å². The van der Waals surface area contributed by atoms with Crippen LogP contribution in [0.4, 0.5) is 5.69 Å². The molecule has 0 fully saturated rings. The number of aliphatic hydroxyl groups excluding tert-OH is 2. The zero-order valence-electron chi connectivity index (χ0n) is 9.87. The van der Waals surface area contributed by atoms with Crippen LogP contribution in [-0.4, -0.2) is 46.5 Å². The summed E-state index contributed by atoms with van der Waals surface area (Å²) in [6.45, 7) is 1.32. The molecule has 0 radical (unpaired) electrons. The maximum Gasteiger partial charge on any atom is 0.311 e. The van der Waals surface area contributed by atoms with Crippen LogP contribution < -0.4 is 4.90 Å². The van der Waals surface area contributed by atoms with Gasteiger partial charge in [0, 0.05) is 11.6 Å². The lowest BCUT2D eigenvalue weighted by Crippen LogP contribution is -3.11. The predicted molar refractivity (Wildman–Crippen MR) is 63.3 cm³/mol. The number of benzene rings is 1. The quantitative estimate of drug-likeness (QED) is 0.357. The van der Waals surface area contributed by atoms with E-state index in [-0.39, 0.29) is 24.7 Å². The van der Waals surface area contributed by atoms with Gasteiger partial charge in [-0.05, 0) is 12.1 Å². The van der Waals surface area contributed by atoms with E-state index < -0.39 is 4.92 Å². The Morgan fingerprint density at radius 1 is 1.22 bits per heavy atom. The van der Waals surface area contributed by atoms with Gasteiger partial charge in [0.25, 0.3) is 0 Å². The van der Waals surface area contributed by atoms with E-state index in [1.54, 1.807) is 6.07 Å². The molecule has 0 aliphatic carbocycles. The Hall–Kier alpha value is -1.70. The molecule has 7 nitrogen and oxygen atoms in total. The highest BCUT2D eigenvalue weighted by atomic mass is 16.6. The number of nitro benzene ring substituents is 1. The van der Waals surface area contributed by atoms with E-state index in [4.69, 9.17) is 10.2 Å². The molecule has 1 rings (SSSR count). The molecular formula is C11H17N2O5+. The molecule has 0 heterocycles. The Labute approximate surface area is 104 Å². The summed E-state index contributed by atoms with van der Waals surface area (Å²) in [5.74, 6) is -0.366. The number of nitrogens with zero attached hydrogens (tertiary/aromatic N) is 1. The Bertz CT molecular complexity index is 404. The van der Waals surface area contributed by atoms with Gasteiger partial charge in [0.1, 0.15) is 19.6 Å². The molecule has 0 spiro atoms. The number of hydrogen-bond donors (Lipinski definition) is 4. The molecule has 0 saturated heterocycles. The molecule has 0 amide bonds. The number of phenols is 1. The Morgan fingerprint density at radius 2 is 1.83 bits per heavy atom. The number of aliphatic hydroxyl groups is 2. The van der Waals surface area contributed by atoms with E-state index in [1.807, 2.05) is 0 Å². The van der Waals surface area contributed by atoms with Gasteiger partial charge in [-0.25, -0.2) is 0 Å². The molecule has 1 aromatic carbocycles. The Kier molecular flexibility index (Phi) is 5.50. The van der Waals surface area contributed by atoms with Gasteiger partial charge in [-0.2, -0.15) is 0 Å². The average molecular weight is 257 g/mol. The van der Waals surface area contributed by atoms with Gasteiger partial charge in [-0.15, -0.1) is 0 Å². The van der Waals surface area contributed by atoms with E-state index in [2.05, 4.69) is 0 Å². The normalized spacial score (nSPS) is 10.8. The zero-order chi connectivity index (χ0) is 13.5. The van der Waals surface area contributed by atoms with E-state index >= 15 is 0 Å². The summed E-state index contributed by atoms with van der Waals surface area (Å²) in [4.78, 5) is 10.9. The number of nitrogens with one attached hydrogen (secondary N) is 1. The summed E-state index contributed by atoms with van der Waals surface area (Å²) >= 11 is 0. The highest BCUT2D eigenvalue weighted by molar-refractivity contribution is 5.47. The highest BCUT2D eigenvalue weighted by Gasteiger charge is 2.16. The molecule has 4 N–H and O–H groups in total. The number of aromatic hydroxyl groups is 1. The monoisotopic (exact) mass is 257 g/mol.